The van der Waals surface area contributed by atoms with E-state index in [9.17, 15) is 14.4 Å². The van der Waals surface area contributed by atoms with Gasteiger partial charge in [-0.3, -0.25) is 15.0 Å². The number of esters is 1. The van der Waals surface area contributed by atoms with E-state index < -0.39 is 29.2 Å². The van der Waals surface area contributed by atoms with Gasteiger partial charge in [0.2, 0.25) is 5.91 Å². The quantitative estimate of drug-likeness (QED) is 0.640. The van der Waals surface area contributed by atoms with Crippen molar-refractivity contribution in [2.45, 2.75) is 12.5 Å². The monoisotopic (exact) mass is 321 g/mol. The van der Waals surface area contributed by atoms with E-state index in [-0.39, 0.29) is 16.4 Å². The van der Waals surface area contributed by atoms with Crippen LogP contribution in [0.4, 0.5) is 5.69 Å². The van der Waals surface area contributed by atoms with E-state index in [4.69, 9.17) is 11.6 Å². The van der Waals surface area contributed by atoms with E-state index in [0.29, 0.717) is 0 Å². The van der Waals surface area contributed by atoms with Crippen molar-refractivity contribution < 1.29 is 19.1 Å². The van der Waals surface area contributed by atoms with Gasteiger partial charge in [0, 0.05) is 0 Å². The Labute approximate surface area is 130 Å². The van der Waals surface area contributed by atoms with E-state index in [1.165, 1.54) is 14.0 Å². The van der Waals surface area contributed by atoms with Crippen LogP contribution < -0.4 is 10.3 Å². The first kappa shape index (κ1) is 14.5. The van der Waals surface area contributed by atoms with Crippen LogP contribution in [0.1, 0.15) is 6.92 Å². The number of nitrogens with one attached hydrogen (secondary N) is 1. The fraction of sp³-hybridized carbons (Fsp3) is 0.286. The van der Waals surface area contributed by atoms with Gasteiger partial charge in [0.05, 0.1) is 17.8 Å². The number of halogens is 1. The summed E-state index contributed by atoms with van der Waals surface area (Å²) in [5, 5.41) is 4.07. The molecule has 0 saturated carbocycles. The molecule has 2 atom stereocenters. The first-order valence-electron chi connectivity index (χ1n) is 6.48. The standard InChI is InChI=1S/C14H12ClN3O4/c1-14-9(10(16-17-14)12(20)22-2)11(19)18(13(14)21)8-6-4-3-5-7(8)15/h3-6,9,17H,1-2H3/t9-,14+/m1/s1. The number of imide groups is 1. The molecule has 0 bridgehead atoms. The Morgan fingerprint density at radius 3 is 2.73 bits per heavy atom. The van der Waals surface area contributed by atoms with Crippen LogP contribution in [0.25, 0.3) is 0 Å². The highest BCUT2D eigenvalue weighted by Crippen LogP contribution is 2.40. The predicted octanol–water partition coefficient (Wildman–Crippen LogP) is 0.720. The molecule has 2 heterocycles. The van der Waals surface area contributed by atoms with Crippen LogP contribution in [0.15, 0.2) is 29.4 Å². The number of fused-ring (bicyclic) bond motifs is 1. The number of nitrogens with zero attached hydrogens (tertiary/aromatic N) is 2. The lowest BCUT2D eigenvalue weighted by molar-refractivity contribution is -0.133. The zero-order chi connectivity index (χ0) is 16.1. The van der Waals surface area contributed by atoms with E-state index >= 15 is 0 Å². The van der Waals surface area contributed by atoms with Crippen LogP contribution in [-0.4, -0.2) is 36.1 Å². The molecule has 0 aliphatic carbocycles. The van der Waals surface area contributed by atoms with Crippen molar-refractivity contribution in [3.63, 3.8) is 0 Å². The molecule has 7 nitrogen and oxygen atoms in total. The Morgan fingerprint density at radius 1 is 1.41 bits per heavy atom. The SMILES string of the molecule is COC(=O)C1=NN[C@]2(C)C(=O)N(c3ccccc3Cl)C(=O)[C@@H]12. The molecule has 2 amide bonds. The highest BCUT2D eigenvalue weighted by Gasteiger charge is 2.63. The normalized spacial score (nSPS) is 26.6. The van der Waals surface area contributed by atoms with Crippen LogP contribution in [0.2, 0.25) is 5.02 Å². The second-order valence-electron chi connectivity index (χ2n) is 5.17. The van der Waals surface area contributed by atoms with Crippen LogP contribution in [0.5, 0.6) is 0 Å². The van der Waals surface area contributed by atoms with E-state index in [0.717, 1.165) is 4.90 Å². The Hall–Kier alpha value is -2.41. The summed E-state index contributed by atoms with van der Waals surface area (Å²) in [6.45, 7) is 1.52. The smallest absolute Gasteiger partial charge is 0.355 e. The van der Waals surface area contributed by atoms with Crippen LogP contribution in [-0.2, 0) is 19.1 Å². The molecule has 22 heavy (non-hydrogen) atoms. The van der Waals surface area contributed by atoms with Crippen molar-refractivity contribution in [1.29, 1.82) is 0 Å². The molecule has 3 rings (SSSR count). The van der Waals surface area contributed by atoms with Gasteiger partial charge in [-0.15, -0.1) is 0 Å². The number of benzene rings is 1. The van der Waals surface area contributed by atoms with E-state index in [1.54, 1.807) is 24.3 Å². The molecule has 0 radical (unpaired) electrons. The van der Waals surface area contributed by atoms with Gasteiger partial charge in [-0.1, -0.05) is 23.7 Å². The molecule has 2 aliphatic heterocycles. The fourth-order valence-corrected chi connectivity index (χ4v) is 2.93. The molecule has 1 saturated heterocycles. The minimum atomic E-state index is -1.32. The van der Waals surface area contributed by atoms with Crippen molar-refractivity contribution in [1.82, 2.24) is 5.43 Å². The Bertz CT molecular complexity index is 733. The lowest BCUT2D eigenvalue weighted by Gasteiger charge is -2.20. The van der Waals surface area contributed by atoms with Crippen molar-refractivity contribution in [2.75, 3.05) is 12.0 Å². The number of carbonyl (C=O) groups is 3. The van der Waals surface area contributed by atoms with Gasteiger partial charge in [0.15, 0.2) is 5.71 Å². The summed E-state index contributed by atoms with van der Waals surface area (Å²) in [7, 11) is 1.19. The number of amides is 2. The topological polar surface area (TPSA) is 88.1 Å². The Balaban J connectivity index is 2.07. The van der Waals surface area contributed by atoms with Gasteiger partial charge in [-0.2, -0.15) is 5.10 Å². The number of methoxy groups -OCH3 is 1. The Kier molecular flexibility index (Phi) is 3.17. The average Bonchev–Trinajstić information content (AvgIpc) is 2.95. The average molecular weight is 322 g/mol. The summed E-state index contributed by atoms with van der Waals surface area (Å²) in [5.41, 5.74) is 1.44. The first-order valence-corrected chi connectivity index (χ1v) is 6.85. The number of hydrazone groups is 1. The predicted molar refractivity (Wildman–Crippen MR) is 78.4 cm³/mol. The summed E-state index contributed by atoms with van der Waals surface area (Å²) in [6.07, 6.45) is 0. The molecule has 8 heteroatoms. The van der Waals surface area contributed by atoms with Crippen LogP contribution in [0.3, 0.4) is 0 Å². The fourth-order valence-electron chi connectivity index (χ4n) is 2.70. The third-order valence-electron chi connectivity index (χ3n) is 3.86. The molecule has 0 spiro atoms. The van der Waals surface area contributed by atoms with Gasteiger partial charge in [-0.25, -0.2) is 9.69 Å². The number of hydrogen-bond acceptors (Lipinski definition) is 6. The Morgan fingerprint density at radius 2 is 2.09 bits per heavy atom. The third kappa shape index (κ3) is 1.75. The summed E-state index contributed by atoms with van der Waals surface area (Å²) in [5.74, 6) is -2.86. The molecular weight excluding hydrogens is 310 g/mol. The molecule has 1 aromatic carbocycles. The highest BCUT2D eigenvalue weighted by atomic mass is 35.5. The molecular formula is C14H12ClN3O4. The summed E-state index contributed by atoms with van der Waals surface area (Å²) in [6, 6.07) is 6.51. The summed E-state index contributed by atoms with van der Waals surface area (Å²) in [4.78, 5) is 38.1. The number of hydrogen-bond donors (Lipinski definition) is 1. The lowest BCUT2D eigenvalue weighted by atomic mass is 9.86. The number of ether oxygens (including phenoxy) is 1. The second kappa shape index (κ2) is 4.81. The lowest BCUT2D eigenvalue weighted by Crippen LogP contribution is -2.48. The zero-order valence-electron chi connectivity index (χ0n) is 11.8. The van der Waals surface area contributed by atoms with Gasteiger partial charge in [0.25, 0.3) is 5.91 Å². The summed E-state index contributed by atoms with van der Waals surface area (Å²) < 4.78 is 4.62. The number of carbonyl (C=O) groups excluding carboxylic acids is 3. The van der Waals surface area contributed by atoms with Gasteiger partial charge in [-0.05, 0) is 19.1 Å². The highest BCUT2D eigenvalue weighted by molar-refractivity contribution is 6.48. The molecule has 1 fully saturated rings. The molecule has 114 valence electrons. The van der Waals surface area contributed by atoms with Crippen molar-refractivity contribution in [2.24, 2.45) is 11.0 Å². The third-order valence-corrected chi connectivity index (χ3v) is 4.18. The van der Waals surface area contributed by atoms with Gasteiger partial charge >= 0.3 is 5.97 Å². The maximum absolute atomic E-state index is 12.7. The molecule has 0 aromatic heterocycles. The molecule has 0 unspecified atom stereocenters. The van der Waals surface area contributed by atoms with Gasteiger partial charge in [0.1, 0.15) is 11.5 Å². The largest absolute Gasteiger partial charge is 0.464 e. The minimum absolute atomic E-state index is 0.113. The van der Waals surface area contributed by atoms with Gasteiger partial charge < -0.3 is 4.74 Å². The van der Waals surface area contributed by atoms with E-state index in [2.05, 4.69) is 15.3 Å². The van der Waals surface area contributed by atoms with Crippen molar-refractivity contribution >= 4 is 40.8 Å². The van der Waals surface area contributed by atoms with Crippen molar-refractivity contribution in [3.05, 3.63) is 29.3 Å². The van der Waals surface area contributed by atoms with Crippen LogP contribution in [0, 0.1) is 5.92 Å². The zero-order valence-corrected chi connectivity index (χ0v) is 12.5. The number of para-hydroxylation sites is 1. The molecule has 1 aromatic rings. The maximum Gasteiger partial charge on any atom is 0.355 e. The van der Waals surface area contributed by atoms with Crippen LogP contribution >= 0.6 is 11.6 Å². The number of rotatable bonds is 2. The minimum Gasteiger partial charge on any atom is -0.464 e. The van der Waals surface area contributed by atoms with Crippen molar-refractivity contribution in [3.8, 4) is 0 Å². The molecule has 2 aliphatic rings. The maximum atomic E-state index is 12.7. The molecule has 1 N–H and O–H groups in total. The second-order valence-corrected chi connectivity index (χ2v) is 5.57. The first-order chi connectivity index (χ1) is 10.4. The van der Waals surface area contributed by atoms with E-state index in [1.807, 2.05) is 0 Å². The summed E-state index contributed by atoms with van der Waals surface area (Å²) >= 11 is 6.07. The number of anilines is 1.